The van der Waals surface area contributed by atoms with E-state index in [-0.39, 0.29) is 11.3 Å². The van der Waals surface area contributed by atoms with Crippen LogP contribution in [0.4, 0.5) is 5.82 Å². The third-order valence-corrected chi connectivity index (χ3v) is 3.44. The average molecular weight is 273 g/mol. The first-order valence-electron chi connectivity index (χ1n) is 6.90. The maximum Gasteiger partial charge on any atom is 0.273 e. The molecule has 2 aromatic heterocycles. The highest BCUT2D eigenvalue weighted by molar-refractivity contribution is 6.02. The van der Waals surface area contributed by atoms with Gasteiger partial charge >= 0.3 is 0 Å². The van der Waals surface area contributed by atoms with Gasteiger partial charge in [-0.1, -0.05) is 25.9 Å². The van der Waals surface area contributed by atoms with E-state index in [4.69, 9.17) is 4.52 Å². The number of hydrogen-bond acceptors (Lipinski definition) is 3. The second-order valence-corrected chi connectivity index (χ2v) is 6.31. The molecule has 0 bridgehead atoms. The van der Waals surface area contributed by atoms with Crippen molar-refractivity contribution in [2.24, 2.45) is 0 Å². The number of amides is 1. The van der Waals surface area contributed by atoms with Crippen molar-refractivity contribution in [3.05, 3.63) is 35.9 Å². The summed E-state index contributed by atoms with van der Waals surface area (Å²) in [6, 6.07) is 5.99. The lowest BCUT2D eigenvalue weighted by Gasteiger charge is -2.12. The molecule has 1 saturated carbocycles. The third kappa shape index (κ3) is 2.48. The van der Waals surface area contributed by atoms with Gasteiger partial charge in [-0.05, 0) is 25.0 Å². The molecule has 5 nitrogen and oxygen atoms in total. The molecule has 106 valence electrons. The summed E-state index contributed by atoms with van der Waals surface area (Å²) < 4.78 is 7.29. The average Bonchev–Trinajstić information content (AvgIpc) is 2.91. The van der Waals surface area contributed by atoms with Crippen molar-refractivity contribution in [1.82, 2.24) is 9.72 Å². The molecule has 0 radical (unpaired) electrons. The van der Waals surface area contributed by atoms with Crippen LogP contribution >= 0.6 is 0 Å². The lowest BCUT2D eigenvalue weighted by molar-refractivity contribution is 0.101. The number of carbonyl (C=O) groups excluding carboxylic acids is 1. The molecule has 20 heavy (non-hydrogen) atoms. The minimum absolute atomic E-state index is 0.121. The molecule has 0 unspecified atom stereocenters. The monoisotopic (exact) mass is 273 g/mol. The Morgan fingerprint density at radius 1 is 1.45 bits per heavy atom. The fourth-order valence-corrected chi connectivity index (χ4v) is 2.13. The Hall–Kier alpha value is -2.04. The van der Waals surface area contributed by atoms with Gasteiger partial charge in [0, 0.05) is 23.7 Å². The summed E-state index contributed by atoms with van der Waals surface area (Å²) in [4.78, 5) is 12.3. The van der Waals surface area contributed by atoms with Gasteiger partial charge in [0.2, 0.25) is 0 Å². The van der Waals surface area contributed by atoms with E-state index < -0.39 is 0 Å². The molecule has 2 aromatic rings. The van der Waals surface area contributed by atoms with Crippen LogP contribution in [0.2, 0.25) is 0 Å². The Balaban J connectivity index is 1.75. The predicted octanol–water partition coefficient (Wildman–Crippen LogP) is 3.36. The van der Waals surface area contributed by atoms with Crippen LogP contribution < -0.4 is 5.32 Å². The predicted molar refractivity (Wildman–Crippen MR) is 75.9 cm³/mol. The molecule has 0 spiro atoms. The molecule has 0 aliphatic heterocycles. The van der Waals surface area contributed by atoms with Crippen LogP contribution in [0.1, 0.15) is 55.9 Å². The largest absolute Gasteiger partial charge is 0.359 e. The van der Waals surface area contributed by atoms with Crippen molar-refractivity contribution in [3.63, 3.8) is 0 Å². The van der Waals surface area contributed by atoms with Crippen molar-refractivity contribution in [3.8, 4) is 0 Å². The summed E-state index contributed by atoms with van der Waals surface area (Å²) in [6.45, 7) is 6.12. The van der Waals surface area contributed by atoms with Gasteiger partial charge in [0.05, 0.1) is 0 Å². The molecule has 2 heterocycles. The quantitative estimate of drug-likeness (QED) is 0.932. The van der Waals surface area contributed by atoms with E-state index in [2.05, 4.69) is 10.5 Å². The number of nitrogens with one attached hydrogen (secondary N) is 1. The normalized spacial score (nSPS) is 15.3. The van der Waals surface area contributed by atoms with Crippen LogP contribution in [0.25, 0.3) is 0 Å². The maximum absolute atomic E-state index is 12.3. The molecular weight excluding hydrogens is 254 g/mol. The minimum atomic E-state index is -0.143. The summed E-state index contributed by atoms with van der Waals surface area (Å²) in [5.74, 6) is 1.07. The van der Waals surface area contributed by atoms with E-state index in [9.17, 15) is 4.79 Å². The molecule has 0 saturated heterocycles. The van der Waals surface area contributed by atoms with E-state index in [1.807, 2.05) is 43.7 Å². The van der Waals surface area contributed by atoms with Crippen LogP contribution in [0.15, 0.2) is 28.9 Å². The van der Waals surface area contributed by atoms with Crippen molar-refractivity contribution in [1.29, 1.82) is 0 Å². The second kappa shape index (κ2) is 4.51. The molecule has 1 fully saturated rings. The van der Waals surface area contributed by atoms with Crippen LogP contribution in [0.5, 0.6) is 0 Å². The first kappa shape index (κ1) is 13.0. The lowest BCUT2D eigenvalue weighted by atomic mass is 9.93. The van der Waals surface area contributed by atoms with Crippen molar-refractivity contribution >= 4 is 11.7 Å². The Morgan fingerprint density at radius 3 is 2.80 bits per heavy atom. The van der Waals surface area contributed by atoms with Gasteiger partial charge in [0.15, 0.2) is 5.82 Å². The highest BCUT2D eigenvalue weighted by Crippen LogP contribution is 2.36. The van der Waals surface area contributed by atoms with Crippen molar-refractivity contribution in [2.45, 2.75) is 45.1 Å². The van der Waals surface area contributed by atoms with Gasteiger partial charge in [-0.3, -0.25) is 4.79 Å². The van der Waals surface area contributed by atoms with Crippen molar-refractivity contribution in [2.75, 3.05) is 5.32 Å². The molecule has 1 amide bonds. The number of anilines is 1. The Morgan fingerprint density at radius 2 is 2.20 bits per heavy atom. The minimum Gasteiger partial charge on any atom is -0.359 e. The molecule has 3 rings (SSSR count). The van der Waals surface area contributed by atoms with Gasteiger partial charge in [0.1, 0.15) is 11.5 Å². The SMILES string of the molecule is CC(C)(C)c1cc(NC(=O)c2cccn2C2CC2)no1. The number of nitrogens with zero attached hydrogens (tertiary/aromatic N) is 2. The van der Waals surface area contributed by atoms with E-state index in [1.54, 1.807) is 6.07 Å². The number of aromatic nitrogens is 2. The van der Waals surface area contributed by atoms with Gasteiger partial charge in [0.25, 0.3) is 5.91 Å². The fourth-order valence-electron chi connectivity index (χ4n) is 2.13. The maximum atomic E-state index is 12.3. The molecule has 0 atom stereocenters. The van der Waals surface area contributed by atoms with Gasteiger partial charge in [-0.25, -0.2) is 0 Å². The molecule has 1 N–H and O–H groups in total. The van der Waals surface area contributed by atoms with E-state index in [0.717, 1.165) is 18.6 Å². The first-order valence-corrected chi connectivity index (χ1v) is 6.90. The van der Waals surface area contributed by atoms with Crippen LogP contribution in [0, 0.1) is 0 Å². The fraction of sp³-hybridized carbons (Fsp3) is 0.467. The van der Waals surface area contributed by atoms with Crippen LogP contribution in [-0.4, -0.2) is 15.6 Å². The standard InChI is InChI=1S/C15H19N3O2/c1-15(2,3)12-9-13(17-20-12)16-14(19)11-5-4-8-18(11)10-6-7-10/h4-5,8-10H,6-7H2,1-3H3,(H,16,17,19). The second-order valence-electron chi connectivity index (χ2n) is 6.31. The Kier molecular flexibility index (Phi) is 2.92. The molecule has 1 aliphatic carbocycles. The molecule has 0 aromatic carbocycles. The number of hydrogen-bond donors (Lipinski definition) is 1. The van der Waals surface area contributed by atoms with Gasteiger partial charge in [-0.15, -0.1) is 0 Å². The lowest BCUT2D eigenvalue weighted by Crippen LogP contribution is -2.16. The highest BCUT2D eigenvalue weighted by atomic mass is 16.5. The third-order valence-electron chi connectivity index (χ3n) is 3.44. The Labute approximate surface area is 117 Å². The zero-order valence-corrected chi connectivity index (χ0v) is 12.0. The zero-order valence-electron chi connectivity index (χ0n) is 12.0. The van der Waals surface area contributed by atoms with Gasteiger partial charge in [-0.2, -0.15) is 0 Å². The highest BCUT2D eigenvalue weighted by Gasteiger charge is 2.27. The van der Waals surface area contributed by atoms with Crippen molar-refractivity contribution < 1.29 is 9.32 Å². The Bertz CT molecular complexity index is 630. The summed E-state index contributed by atoms with van der Waals surface area (Å²) in [5, 5.41) is 6.70. The molecular formula is C15H19N3O2. The summed E-state index contributed by atoms with van der Waals surface area (Å²) >= 11 is 0. The molecule has 1 aliphatic rings. The zero-order chi connectivity index (χ0) is 14.3. The summed E-state index contributed by atoms with van der Waals surface area (Å²) in [7, 11) is 0. The number of rotatable bonds is 3. The van der Waals surface area contributed by atoms with Gasteiger partial charge < -0.3 is 14.4 Å². The number of carbonyl (C=O) groups is 1. The van der Waals surface area contributed by atoms with Crippen LogP contribution in [-0.2, 0) is 5.41 Å². The topological polar surface area (TPSA) is 60.1 Å². The first-order chi connectivity index (χ1) is 9.45. The van der Waals surface area contributed by atoms with E-state index >= 15 is 0 Å². The van der Waals surface area contributed by atoms with E-state index in [1.165, 1.54) is 0 Å². The molecule has 5 heteroatoms. The van der Waals surface area contributed by atoms with Crippen LogP contribution in [0.3, 0.4) is 0 Å². The smallest absolute Gasteiger partial charge is 0.273 e. The summed E-state index contributed by atoms with van der Waals surface area (Å²) in [6.07, 6.45) is 4.25. The van der Waals surface area contributed by atoms with E-state index in [0.29, 0.717) is 17.6 Å². The summed E-state index contributed by atoms with van der Waals surface area (Å²) in [5.41, 5.74) is 0.553.